The van der Waals surface area contributed by atoms with E-state index in [-0.39, 0.29) is 5.91 Å². The minimum atomic E-state index is -1.00. The SMILES string of the molecule is CCCCC(NC(=O)c1ccc(-n2ccnc2)cc1)C(=O)O. The van der Waals surface area contributed by atoms with Crippen molar-refractivity contribution < 1.29 is 14.7 Å². The van der Waals surface area contributed by atoms with Crippen LogP contribution in [-0.2, 0) is 4.79 Å². The van der Waals surface area contributed by atoms with Crippen LogP contribution in [0, 0.1) is 0 Å². The number of carboxylic acids is 1. The summed E-state index contributed by atoms with van der Waals surface area (Å²) >= 11 is 0. The van der Waals surface area contributed by atoms with E-state index in [1.165, 1.54) is 0 Å². The number of carbonyl (C=O) groups excluding carboxylic acids is 1. The van der Waals surface area contributed by atoms with Crippen molar-refractivity contribution in [1.82, 2.24) is 14.9 Å². The number of imidazole rings is 1. The molecular weight excluding hydrogens is 282 g/mol. The molecular formula is C16H19N3O3. The van der Waals surface area contributed by atoms with Gasteiger partial charge >= 0.3 is 5.97 Å². The molecule has 0 saturated heterocycles. The van der Waals surface area contributed by atoms with E-state index in [9.17, 15) is 9.59 Å². The van der Waals surface area contributed by atoms with Gasteiger partial charge in [0.05, 0.1) is 6.33 Å². The number of rotatable bonds is 7. The van der Waals surface area contributed by atoms with Crippen molar-refractivity contribution >= 4 is 11.9 Å². The zero-order chi connectivity index (χ0) is 15.9. The second kappa shape index (κ2) is 7.40. The average molecular weight is 301 g/mol. The Morgan fingerprint density at radius 1 is 1.32 bits per heavy atom. The maximum atomic E-state index is 12.1. The molecule has 2 N–H and O–H groups in total. The molecule has 0 radical (unpaired) electrons. The van der Waals surface area contributed by atoms with Crippen LogP contribution < -0.4 is 5.32 Å². The molecule has 1 aromatic carbocycles. The van der Waals surface area contributed by atoms with E-state index >= 15 is 0 Å². The lowest BCUT2D eigenvalue weighted by molar-refractivity contribution is -0.139. The van der Waals surface area contributed by atoms with Crippen LogP contribution in [0.15, 0.2) is 43.0 Å². The minimum Gasteiger partial charge on any atom is -0.480 e. The van der Waals surface area contributed by atoms with Crippen molar-refractivity contribution in [2.24, 2.45) is 0 Å². The number of aliphatic carboxylic acids is 1. The topological polar surface area (TPSA) is 84.2 Å². The predicted octanol–water partition coefficient (Wildman–Crippen LogP) is 2.25. The predicted molar refractivity (Wildman–Crippen MR) is 82.0 cm³/mol. The number of nitrogens with zero attached hydrogens (tertiary/aromatic N) is 2. The Kier molecular flexibility index (Phi) is 5.30. The Hall–Kier alpha value is -2.63. The molecule has 0 fully saturated rings. The van der Waals surface area contributed by atoms with Crippen molar-refractivity contribution in [2.45, 2.75) is 32.2 Å². The maximum absolute atomic E-state index is 12.1. The third-order valence-electron chi connectivity index (χ3n) is 3.38. The van der Waals surface area contributed by atoms with Crippen LogP contribution in [-0.4, -0.2) is 32.6 Å². The summed E-state index contributed by atoms with van der Waals surface area (Å²) < 4.78 is 1.82. The second-order valence-corrected chi connectivity index (χ2v) is 5.02. The van der Waals surface area contributed by atoms with Crippen molar-refractivity contribution in [1.29, 1.82) is 0 Å². The number of carbonyl (C=O) groups is 2. The second-order valence-electron chi connectivity index (χ2n) is 5.02. The summed E-state index contributed by atoms with van der Waals surface area (Å²) in [5, 5.41) is 11.7. The van der Waals surface area contributed by atoms with Gasteiger partial charge in [-0.15, -0.1) is 0 Å². The number of hydrogen-bond donors (Lipinski definition) is 2. The highest BCUT2D eigenvalue weighted by Crippen LogP contribution is 2.10. The largest absolute Gasteiger partial charge is 0.480 e. The summed E-state index contributed by atoms with van der Waals surface area (Å²) in [6.45, 7) is 1.98. The van der Waals surface area contributed by atoms with E-state index in [0.29, 0.717) is 12.0 Å². The molecule has 1 aromatic heterocycles. The van der Waals surface area contributed by atoms with Gasteiger partial charge in [0.2, 0.25) is 0 Å². The summed E-state index contributed by atoms with van der Waals surface area (Å²) in [7, 11) is 0. The Morgan fingerprint density at radius 2 is 2.05 bits per heavy atom. The van der Waals surface area contributed by atoms with Gasteiger partial charge in [-0.3, -0.25) is 4.79 Å². The summed E-state index contributed by atoms with van der Waals surface area (Å²) in [5.74, 6) is -1.38. The minimum absolute atomic E-state index is 0.374. The number of unbranched alkanes of at least 4 members (excludes halogenated alkanes) is 1. The summed E-state index contributed by atoms with van der Waals surface area (Å²) in [5.41, 5.74) is 1.32. The zero-order valence-electron chi connectivity index (χ0n) is 12.4. The van der Waals surface area contributed by atoms with Gasteiger partial charge in [-0.1, -0.05) is 19.8 Å². The monoisotopic (exact) mass is 301 g/mol. The fourth-order valence-corrected chi connectivity index (χ4v) is 2.10. The Bertz CT molecular complexity index is 621. The molecule has 1 amide bonds. The van der Waals surface area contributed by atoms with Crippen LogP contribution >= 0.6 is 0 Å². The van der Waals surface area contributed by atoms with E-state index in [1.54, 1.807) is 43.0 Å². The van der Waals surface area contributed by atoms with Crippen LogP contribution in [0.25, 0.3) is 5.69 Å². The van der Waals surface area contributed by atoms with E-state index in [1.807, 2.05) is 11.5 Å². The highest BCUT2D eigenvalue weighted by molar-refractivity contribution is 5.96. The molecule has 0 saturated carbocycles. The fourth-order valence-electron chi connectivity index (χ4n) is 2.10. The normalized spacial score (nSPS) is 11.9. The van der Waals surface area contributed by atoms with Crippen LogP contribution in [0.1, 0.15) is 36.5 Å². The molecule has 0 aliphatic heterocycles. The highest BCUT2D eigenvalue weighted by Gasteiger charge is 2.19. The van der Waals surface area contributed by atoms with Crippen molar-refractivity contribution in [3.8, 4) is 5.69 Å². The lowest BCUT2D eigenvalue weighted by Crippen LogP contribution is -2.40. The van der Waals surface area contributed by atoms with Gasteiger partial charge in [0.25, 0.3) is 5.91 Å². The summed E-state index contributed by atoms with van der Waals surface area (Å²) in [4.78, 5) is 27.2. The number of nitrogens with one attached hydrogen (secondary N) is 1. The van der Waals surface area contributed by atoms with Crippen LogP contribution in [0.4, 0.5) is 0 Å². The van der Waals surface area contributed by atoms with Crippen molar-refractivity contribution in [3.05, 3.63) is 48.5 Å². The lowest BCUT2D eigenvalue weighted by Gasteiger charge is -2.14. The molecule has 2 rings (SSSR count). The molecule has 6 nitrogen and oxygen atoms in total. The van der Waals surface area contributed by atoms with Gasteiger partial charge in [0.15, 0.2) is 0 Å². The molecule has 6 heteroatoms. The third kappa shape index (κ3) is 3.94. The van der Waals surface area contributed by atoms with E-state index in [4.69, 9.17) is 5.11 Å². The van der Waals surface area contributed by atoms with Crippen LogP contribution in [0.3, 0.4) is 0 Å². The first-order chi connectivity index (χ1) is 10.6. The molecule has 22 heavy (non-hydrogen) atoms. The van der Waals surface area contributed by atoms with Crippen molar-refractivity contribution in [2.75, 3.05) is 0 Å². The van der Waals surface area contributed by atoms with E-state index in [2.05, 4.69) is 10.3 Å². The smallest absolute Gasteiger partial charge is 0.326 e. The fraction of sp³-hybridized carbons (Fsp3) is 0.312. The maximum Gasteiger partial charge on any atom is 0.326 e. The Labute approximate surface area is 128 Å². The van der Waals surface area contributed by atoms with Crippen LogP contribution in [0.5, 0.6) is 0 Å². The average Bonchev–Trinajstić information content (AvgIpc) is 3.05. The molecule has 0 aliphatic rings. The Morgan fingerprint density at radius 3 is 2.59 bits per heavy atom. The molecule has 1 atom stereocenters. The van der Waals surface area contributed by atoms with E-state index < -0.39 is 12.0 Å². The van der Waals surface area contributed by atoms with Crippen LogP contribution in [0.2, 0.25) is 0 Å². The van der Waals surface area contributed by atoms with Gasteiger partial charge in [-0.05, 0) is 30.7 Å². The third-order valence-corrected chi connectivity index (χ3v) is 3.38. The number of benzene rings is 1. The Balaban J connectivity index is 2.04. The first-order valence-electron chi connectivity index (χ1n) is 7.24. The van der Waals surface area contributed by atoms with Crippen molar-refractivity contribution in [3.63, 3.8) is 0 Å². The standard InChI is InChI=1S/C16H19N3O3/c1-2-3-4-14(16(21)22)18-15(20)12-5-7-13(8-6-12)19-10-9-17-11-19/h5-11,14H,2-4H2,1H3,(H,18,20)(H,21,22). The lowest BCUT2D eigenvalue weighted by atomic mass is 10.1. The highest BCUT2D eigenvalue weighted by atomic mass is 16.4. The number of amides is 1. The zero-order valence-corrected chi connectivity index (χ0v) is 12.4. The molecule has 0 bridgehead atoms. The molecule has 116 valence electrons. The molecule has 0 aliphatic carbocycles. The summed E-state index contributed by atoms with van der Waals surface area (Å²) in [6, 6.07) is 6.07. The number of carboxylic acid groups (broad SMARTS) is 1. The molecule has 2 aromatic rings. The number of hydrogen-bond acceptors (Lipinski definition) is 3. The molecule has 1 heterocycles. The van der Waals surface area contributed by atoms with Gasteiger partial charge in [0.1, 0.15) is 6.04 Å². The summed E-state index contributed by atoms with van der Waals surface area (Å²) in [6.07, 6.45) is 7.23. The van der Waals surface area contributed by atoms with Gasteiger partial charge in [-0.2, -0.15) is 0 Å². The number of aromatic nitrogens is 2. The first kappa shape index (κ1) is 15.8. The quantitative estimate of drug-likeness (QED) is 0.821. The van der Waals surface area contributed by atoms with Gasteiger partial charge in [0, 0.05) is 23.6 Å². The molecule has 1 unspecified atom stereocenters. The van der Waals surface area contributed by atoms with E-state index in [0.717, 1.165) is 18.5 Å². The van der Waals surface area contributed by atoms with Gasteiger partial charge in [-0.25, -0.2) is 9.78 Å². The molecule has 0 spiro atoms. The van der Waals surface area contributed by atoms with Gasteiger partial charge < -0.3 is 15.0 Å². The first-order valence-corrected chi connectivity index (χ1v) is 7.24.